The van der Waals surface area contributed by atoms with E-state index in [4.69, 9.17) is 0 Å². The van der Waals surface area contributed by atoms with Gasteiger partial charge in [0.2, 0.25) is 0 Å². The van der Waals surface area contributed by atoms with Crippen LogP contribution in [0.25, 0.3) is 27.8 Å². The quantitative estimate of drug-likeness (QED) is 0.450. The largest absolute Gasteiger partial charge is 0.352 e. The van der Waals surface area contributed by atoms with Crippen LogP contribution in [0.4, 0.5) is 4.39 Å². The Morgan fingerprint density at radius 1 is 1.03 bits per heavy atom. The molecule has 0 bridgehead atoms. The van der Waals surface area contributed by atoms with Crippen molar-refractivity contribution in [3.05, 3.63) is 100 Å². The fraction of sp³-hybridized carbons (Fsp3) is 0.0833. The van der Waals surface area contributed by atoms with Crippen LogP contribution in [0, 0.1) is 5.82 Å². The molecule has 2 heterocycles. The Labute approximate surface area is 181 Å². The van der Waals surface area contributed by atoms with Crippen molar-refractivity contribution in [2.24, 2.45) is 0 Å². The van der Waals surface area contributed by atoms with Gasteiger partial charge in [0.25, 0.3) is 11.5 Å². The molecule has 0 aliphatic heterocycles. The molecule has 0 radical (unpaired) electrons. The van der Waals surface area contributed by atoms with Crippen LogP contribution < -0.4 is 10.9 Å². The zero-order chi connectivity index (χ0) is 22.1. The van der Waals surface area contributed by atoms with Gasteiger partial charge in [-0.15, -0.1) is 0 Å². The van der Waals surface area contributed by atoms with Gasteiger partial charge in [0.15, 0.2) is 5.65 Å². The Balaban J connectivity index is 1.49. The van der Waals surface area contributed by atoms with Crippen LogP contribution in [0.15, 0.2) is 77.6 Å². The molecule has 8 heteroatoms. The molecule has 158 valence electrons. The highest BCUT2D eigenvalue weighted by atomic mass is 19.1. The topological polar surface area (TPSA) is 92.2 Å². The maximum Gasteiger partial charge on any atom is 0.281 e. The Kier molecular flexibility index (Phi) is 4.95. The minimum atomic E-state index is -0.449. The van der Waals surface area contributed by atoms with Crippen molar-refractivity contribution in [3.8, 4) is 11.3 Å². The second-order valence-corrected chi connectivity index (χ2v) is 7.37. The number of fused-ring (bicyclic) bond motifs is 3. The number of halogens is 1. The lowest BCUT2D eigenvalue weighted by molar-refractivity contribution is 0.0954. The Morgan fingerprint density at radius 3 is 2.69 bits per heavy atom. The van der Waals surface area contributed by atoms with E-state index in [9.17, 15) is 14.0 Å². The molecule has 1 amide bonds. The number of nitrogens with one attached hydrogen (secondary N) is 2. The molecule has 0 fully saturated rings. The number of hydrogen-bond acceptors (Lipinski definition) is 4. The van der Waals surface area contributed by atoms with E-state index in [-0.39, 0.29) is 11.6 Å². The van der Waals surface area contributed by atoms with Gasteiger partial charge < -0.3 is 5.32 Å². The van der Waals surface area contributed by atoms with Gasteiger partial charge in [0.1, 0.15) is 11.5 Å². The SMILES string of the molecule is O=C(NCCc1ccccc1)c1ccc2c(=O)nc3c(-c4cccc(F)c4)n[nH]n3c2c1. The number of H-pyrrole nitrogens is 1. The lowest BCUT2D eigenvalue weighted by atomic mass is 10.1. The molecule has 0 aliphatic carbocycles. The molecule has 5 aromatic rings. The van der Waals surface area contributed by atoms with Crippen molar-refractivity contribution in [1.82, 2.24) is 25.1 Å². The summed E-state index contributed by atoms with van der Waals surface area (Å²) < 4.78 is 15.2. The van der Waals surface area contributed by atoms with E-state index in [2.05, 4.69) is 20.6 Å². The van der Waals surface area contributed by atoms with E-state index in [0.29, 0.717) is 40.7 Å². The lowest BCUT2D eigenvalue weighted by Crippen LogP contribution is -2.25. The van der Waals surface area contributed by atoms with E-state index in [1.54, 1.807) is 30.3 Å². The van der Waals surface area contributed by atoms with Gasteiger partial charge in [-0.2, -0.15) is 10.1 Å². The third-order valence-corrected chi connectivity index (χ3v) is 5.26. The van der Waals surface area contributed by atoms with E-state index >= 15 is 0 Å². The smallest absolute Gasteiger partial charge is 0.281 e. The summed E-state index contributed by atoms with van der Waals surface area (Å²) in [5.41, 5.74) is 2.65. The first kappa shape index (κ1) is 19.6. The van der Waals surface area contributed by atoms with Crippen molar-refractivity contribution in [2.45, 2.75) is 6.42 Å². The fourth-order valence-corrected chi connectivity index (χ4v) is 3.67. The molecule has 3 aromatic carbocycles. The number of carbonyl (C=O) groups excluding carboxylic acids is 1. The van der Waals surface area contributed by atoms with Crippen LogP contribution in [-0.4, -0.2) is 32.3 Å². The van der Waals surface area contributed by atoms with Crippen LogP contribution in [0.1, 0.15) is 15.9 Å². The molecule has 0 spiro atoms. The monoisotopic (exact) mass is 427 g/mol. The van der Waals surface area contributed by atoms with E-state index < -0.39 is 11.4 Å². The van der Waals surface area contributed by atoms with E-state index in [1.165, 1.54) is 16.6 Å². The van der Waals surface area contributed by atoms with Crippen molar-refractivity contribution >= 4 is 22.5 Å². The zero-order valence-electron chi connectivity index (χ0n) is 16.9. The van der Waals surface area contributed by atoms with Gasteiger partial charge in [-0.05, 0) is 42.3 Å². The number of aromatic nitrogens is 4. The summed E-state index contributed by atoms with van der Waals surface area (Å²) in [6.45, 7) is 0.486. The molecule has 0 aliphatic rings. The number of nitrogens with zero attached hydrogens (tertiary/aromatic N) is 3. The third-order valence-electron chi connectivity index (χ3n) is 5.26. The molecular formula is C24H18FN5O2. The van der Waals surface area contributed by atoms with Crippen LogP contribution in [0.3, 0.4) is 0 Å². The molecule has 0 saturated heterocycles. The molecule has 2 N–H and O–H groups in total. The number of aromatic amines is 1. The first-order chi connectivity index (χ1) is 15.6. The summed E-state index contributed by atoms with van der Waals surface area (Å²) in [5, 5.41) is 10.3. The molecule has 0 saturated carbocycles. The van der Waals surface area contributed by atoms with Gasteiger partial charge >= 0.3 is 0 Å². The predicted molar refractivity (Wildman–Crippen MR) is 119 cm³/mol. The first-order valence-electron chi connectivity index (χ1n) is 10.1. The molecule has 5 rings (SSSR count). The van der Waals surface area contributed by atoms with Crippen molar-refractivity contribution in [2.75, 3.05) is 6.54 Å². The van der Waals surface area contributed by atoms with E-state index in [1.807, 2.05) is 30.3 Å². The number of amides is 1. The molecule has 32 heavy (non-hydrogen) atoms. The van der Waals surface area contributed by atoms with E-state index in [0.717, 1.165) is 5.56 Å². The molecule has 0 unspecified atom stereocenters. The minimum Gasteiger partial charge on any atom is -0.352 e. The number of carbonyl (C=O) groups is 1. The maximum absolute atomic E-state index is 13.7. The number of rotatable bonds is 5. The summed E-state index contributed by atoms with van der Waals surface area (Å²) >= 11 is 0. The summed E-state index contributed by atoms with van der Waals surface area (Å²) in [7, 11) is 0. The fourth-order valence-electron chi connectivity index (χ4n) is 3.67. The Bertz CT molecular complexity index is 1510. The normalized spacial score (nSPS) is 11.2. The summed E-state index contributed by atoms with van der Waals surface area (Å²) in [5.74, 6) is -0.660. The Morgan fingerprint density at radius 2 is 1.88 bits per heavy atom. The molecule has 2 aromatic heterocycles. The molecular weight excluding hydrogens is 409 g/mol. The van der Waals surface area contributed by atoms with Gasteiger partial charge in [0, 0.05) is 17.7 Å². The highest BCUT2D eigenvalue weighted by Gasteiger charge is 2.16. The van der Waals surface area contributed by atoms with Crippen LogP contribution in [-0.2, 0) is 6.42 Å². The van der Waals surface area contributed by atoms with Gasteiger partial charge in [0.05, 0.1) is 10.9 Å². The molecule has 7 nitrogen and oxygen atoms in total. The highest BCUT2D eigenvalue weighted by Crippen LogP contribution is 2.23. The van der Waals surface area contributed by atoms with Crippen LogP contribution in [0.5, 0.6) is 0 Å². The second-order valence-electron chi connectivity index (χ2n) is 7.37. The second kappa shape index (κ2) is 8.07. The van der Waals surface area contributed by atoms with Gasteiger partial charge in [-0.1, -0.05) is 42.5 Å². The van der Waals surface area contributed by atoms with Crippen LogP contribution >= 0.6 is 0 Å². The van der Waals surface area contributed by atoms with Crippen molar-refractivity contribution in [3.63, 3.8) is 0 Å². The first-order valence-corrected chi connectivity index (χ1v) is 10.1. The highest BCUT2D eigenvalue weighted by molar-refractivity contribution is 5.98. The number of benzene rings is 3. The average Bonchev–Trinajstić information content (AvgIpc) is 3.23. The summed E-state index contributed by atoms with van der Waals surface area (Å²) in [6.07, 6.45) is 0.714. The summed E-state index contributed by atoms with van der Waals surface area (Å²) in [6, 6.07) is 20.6. The maximum atomic E-state index is 13.7. The molecule has 0 atom stereocenters. The zero-order valence-corrected chi connectivity index (χ0v) is 16.9. The van der Waals surface area contributed by atoms with Crippen molar-refractivity contribution < 1.29 is 9.18 Å². The lowest BCUT2D eigenvalue weighted by Gasteiger charge is -2.07. The van der Waals surface area contributed by atoms with Gasteiger partial charge in [-0.3, -0.25) is 9.59 Å². The average molecular weight is 427 g/mol. The van der Waals surface area contributed by atoms with Crippen molar-refractivity contribution in [1.29, 1.82) is 0 Å². The summed E-state index contributed by atoms with van der Waals surface area (Å²) in [4.78, 5) is 29.4. The number of hydrogen-bond donors (Lipinski definition) is 2. The predicted octanol–water partition coefficient (Wildman–Crippen LogP) is 3.35. The third kappa shape index (κ3) is 3.62. The minimum absolute atomic E-state index is 0.245. The van der Waals surface area contributed by atoms with Crippen LogP contribution in [0.2, 0.25) is 0 Å². The standard InChI is InChI=1S/C24H18FN5O2/c25-18-8-4-7-16(13-18)21-22-27-24(32)19-10-9-17(14-20(19)30(22)29-28-21)23(31)26-12-11-15-5-2-1-3-6-15/h1-10,13-14,29H,11-12H2,(H,26,31). The van der Waals surface area contributed by atoms with Gasteiger partial charge in [-0.25, -0.2) is 14.1 Å². The Hall–Kier alpha value is -4.33.